The third-order valence-corrected chi connectivity index (χ3v) is 6.57. The number of benzene rings is 2. The molecule has 0 spiro atoms. The summed E-state index contributed by atoms with van der Waals surface area (Å²) in [6.45, 7) is 5.38. The van der Waals surface area contributed by atoms with E-state index in [1.54, 1.807) is 19.2 Å². The fourth-order valence-electron chi connectivity index (χ4n) is 2.79. The molecule has 152 valence electrons. The highest BCUT2D eigenvalue weighted by Crippen LogP contribution is 2.22. The van der Waals surface area contributed by atoms with Crippen LogP contribution in [-0.4, -0.2) is 46.4 Å². The van der Waals surface area contributed by atoms with Gasteiger partial charge in [0.25, 0.3) is 0 Å². The van der Waals surface area contributed by atoms with Crippen molar-refractivity contribution in [1.82, 2.24) is 14.9 Å². The van der Waals surface area contributed by atoms with Crippen LogP contribution in [0.1, 0.15) is 25.0 Å². The summed E-state index contributed by atoms with van der Waals surface area (Å²) >= 11 is 0. The van der Waals surface area contributed by atoms with Gasteiger partial charge in [0, 0.05) is 39.6 Å². The molecule has 0 aliphatic carbocycles. The Morgan fingerprint density at radius 3 is 2.21 bits per heavy atom. The van der Waals surface area contributed by atoms with Gasteiger partial charge in [-0.1, -0.05) is 62.4 Å². The normalized spacial score (nSPS) is 12.9. The van der Waals surface area contributed by atoms with Crippen molar-refractivity contribution in [2.24, 2.45) is 4.99 Å². The van der Waals surface area contributed by atoms with Gasteiger partial charge in [0.2, 0.25) is 10.0 Å². The van der Waals surface area contributed by atoms with Gasteiger partial charge in [-0.2, -0.15) is 0 Å². The van der Waals surface area contributed by atoms with Crippen LogP contribution in [0.25, 0.3) is 0 Å². The lowest BCUT2D eigenvalue weighted by molar-refractivity contribution is 0.508. The van der Waals surface area contributed by atoms with E-state index in [2.05, 4.69) is 41.6 Å². The van der Waals surface area contributed by atoms with Gasteiger partial charge in [-0.05, 0) is 17.2 Å². The Labute approximate surface area is 168 Å². The summed E-state index contributed by atoms with van der Waals surface area (Å²) in [5.74, 6) is 0.626. The van der Waals surface area contributed by atoms with Crippen LogP contribution in [0.3, 0.4) is 0 Å². The van der Waals surface area contributed by atoms with Gasteiger partial charge < -0.3 is 10.6 Å². The summed E-state index contributed by atoms with van der Waals surface area (Å²) < 4.78 is 26.3. The first kappa shape index (κ1) is 21.9. The third-order valence-electron chi connectivity index (χ3n) is 4.65. The Hall–Kier alpha value is -2.38. The van der Waals surface area contributed by atoms with Crippen LogP contribution < -0.4 is 10.6 Å². The lowest BCUT2D eigenvalue weighted by Gasteiger charge is -2.27. The highest BCUT2D eigenvalue weighted by atomic mass is 32.2. The highest BCUT2D eigenvalue weighted by Gasteiger charge is 2.22. The van der Waals surface area contributed by atoms with Gasteiger partial charge in [0.05, 0.1) is 4.90 Å². The lowest BCUT2D eigenvalue weighted by Crippen LogP contribution is -2.43. The zero-order valence-electron chi connectivity index (χ0n) is 17.2. The second kappa shape index (κ2) is 9.21. The van der Waals surface area contributed by atoms with Crippen LogP contribution in [0.2, 0.25) is 0 Å². The molecular weight excluding hydrogens is 372 g/mol. The Bertz CT molecular complexity index is 907. The maximum Gasteiger partial charge on any atom is 0.242 e. The maximum absolute atomic E-state index is 12.5. The van der Waals surface area contributed by atoms with Gasteiger partial charge >= 0.3 is 0 Å². The number of nitrogens with one attached hydrogen (secondary N) is 2. The van der Waals surface area contributed by atoms with E-state index in [9.17, 15) is 8.42 Å². The predicted molar refractivity (Wildman–Crippen MR) is 115 cm³/mol. The smallest absolute Gasteiger partial charge is 0.242 e. The number of aliphatic imine (C=N–C) groups is 1. The van der Waals surface area contributed by atoms with Crippen molar-refractivity contribution in [3.8, 4) is 0 Å². The Kier molecular flexibility index (Phi) is 7.21. The van der Waals surface area contributed by atoms with Crippen molar-refractivity contribution in [2.45, 2.75) is 30.7 Å². The van der Waals surface area contributed by atoms with Crippen molar-refractivity contribution < 1.29 is 8.42 Å². The van der Waals surface area contributed by atoms with E-state index in [4.69, 9.17) is 0 Å². The van der Waals surface area contributed by atoms with Crippen molar-refractivity contribution >= 4 is 16.0 Å². The van der Waals surface area contributed by atoms with Crippen molar-refractivity contribution in [2.75, 3.05) is 27.7 Å². The fourth-order valence-corrected chi connectivity index (χ4v) is 3.91. The first-order valence-corrected chi connectivity index (χ1v) is 10.6. The molecule has 0 saturated heterocycles. The third kappa shape index (κ3) is 5.33. The molecule has 2 rings (SSSR count). The average Bonchev–Trinajstić information content (AvgIpc) is 2.69. The number of hydrogen-bond donors (Lipinski definition) is 2. The van der Waals surface area contributed by atoms with Gasteiger partial charge in [-0.25, -0.2) is 12.7 Å². The fraction of sp³-hybridized carbons (Fsp3) is 0.381. The second-order valence-electron chi connectivity index (χ2n) is 7.42. The van der Waals surface area contributed by atoms with E-state index in [1.165, 1.54) is 24.0 Å². The molecule has 2 aromatic carbocycles. The topological polar surface area (TPSA) is 73.8 Å². The molecule has 7 heteroatoms. The van der Waals surface area contributed by atoms with Crippen molar-refractivity contribution in [3.05, 3.63) is 65.7 Å². The van der Waals surface area contributed by atoms with Gasteiger partial charge in [-0.3, -0.25) is 4.99 Å². The van der Waals surface area contributed by atoms with Gasteiger partial charge in [0.15, 0.2) is 5.96 Å². The predicted octanol–water partition coefficient (Wildman–Crippen LogP) is 2.58. The second-order valence-corrected chi connectivity index (χ2v) is 9.54. The summed E-state index contributed by atoms with van der Waals surface area (Å²) in [7, 11) is 1.27. The molecule has 0 amide bonds. The molecular formula is C21H30N4O2S. The maximum atomic E-state index is 12.5. The van der Waals surface area contributed by atoms with Crippen LogP contribution in [0.15, 0.2) is 64.5 Å². The van der Waals surface area contributed by atoms with E-state index in [1.807, 2.05) is 30.3 Å². The molecule has 0 aromatic heterocycles. The molecule has 28 heavy (non-hydrogen) atoms. The minimum Gasteiger partial charge on any atom is -0.356 e. The van der Waals surface area contributed by atoms with Crippen LogP contribution in [-0.2, 0) is 22.0 Å². The summed E-state index contributed by atoms with van der Waals surface area (Å²) in [4.78, 5) is 4.56. The van der Waals surface area contributed by atoms with E-state index in [0.717, 1.165) is 0 Å². The summed E-state index contributed by atoms with van der Waals surface area (Å²) in [6, 6.07) is 17.3. The first-order valence-electron chi connectivity index (χ1n) is 9.19. The standard InChI is InChI=1S/C21H30N4O2S/c1-21(2,18-12-7-6-8-13-18)16-24-20(22-3)23-15-17-11-9-10-14-19(17)28(26,27)25(4)5/h6-14H,15-16H2,1-5H3,(H2,22,23,24). The molecule has 2 N–H and O–H groups in total. The summed E-state index contributed by atoms with van der Waals surface area (Å²) in [6.07, 6.45) is 0. The Balaban J connectivity index is 2.06. The number of rotatable bonds is 7. The minimum absolute atomic E-state index is 0.0783. The van der Waals surface area contributed by atoms with Crippen LogP contribution in [0, 0.1) is 0 Å². The lowest BCUT2D eigenvalue weighted by atomic mass is 9.85. The van der Waals surface area contributed by atoms with E-state index >= 15 is 0 Å². The quantitative estimate of drug-likeness (QED) is 0.551. The number of hydrogen-bond acceptors (Lipinski definition) is 3. The summed E-state index contributed by atoms with van der Waals surface area (Å²) in [5, 5.41) is 6.56. The zero-order chi connectivity index (χ0) is 20.8. The molecule has 0 radical (unpaired) electrons. The molecule has 0 aliphatic heterocycles. The Morgan fingerprint density at radius 1 is 1.00 bits per heavy atom. The first-order chi connectivity index (χ1) is 13.2. The van der Waals surface area contributed by atoms with Gasteiger partial charge in [-0.15, -0.1) is 0 Å². The largest absolute Gasteiger partial charge is 0.356 e. The van der Waals surface area contributed by atoms with Crippen LogP contribution in [0.4, 0.5) is 0 Å². The van der Waals surface area contributed by atoms with E-state index in [-0.39, 0.29) is 5.41 Å². The average molecular weight is 403 g/mol. The molecule has 0 bridgehead atoms. The zero-order valence-corrected chi connectivity index (χ0v) is 18.0. The monoisotopic (exact) mass is 402 g/mol. The van der Waals surface area contributed by atoms with Crippen molar-refractivity contribution in [3.63, 3.8) is 0 Å². The van der Waals surface area contributed by atoms with Crippen molar-refractivity contribution in [1.29, 1.82) is 0 Å². The molecule has 0 atom stereocenters. The number of nitrogens with zero attached hydrogens (tertiary/aromatic N) is 2. The molecule has 0 aliphatic rings. The SMILES string of the molecule is CN=C(NCc1ccccc1S(=O)(=O)N(C)C)NCC(C)(C)c1ccccc1. The molecule has 0 unspecified atom stereocenters. The van der Waals surface area contributed by atoms with Gasteiger partial charge in [0.1, 0.15) is 0 Å². The Morgan fingerprint density at radius 2 is 1.61 bits per heavy atom. The number of sulfonamides is 1. The molecule has 0 heterocycles. The summed E-state index contributed by atoms with van der Waals surface area (Å²) in [5.41, 5.74) is 1.85. The highest BCUT2D eigenvalue weighted by molar-refractivity contribution is 7.89. The van der Waals surface area contributed by atoms with E-state index < -0.39 is 10.0 Å². The van der Waals surface area contributed by atoms with Crippen LogP contribution >= 0.6 is 0 Å². The molecule has 0 saturated carbocycles. The molecule has 2 aromatic rings. The number of guanidine groups is 1. The van der Waals surface area contributed by atoms with Crippen LogP contribution in [0.5, 0.6) is 0 Å². The molecule has 0 fully saturated rings. The minimum atomic E-state index is -3.50. The van der Waals surface area contributed by atoms with E-state index in [0.29, 0.717) is 29.5 Å². The molecule has 6 nitrogen and oxygen atoms in total.